The monoisotopic (exact) mass is 261 g/mol. The van der Waals surface area contributed by atoms with Crippen LogP contribution < -0.4 is 5.32 Å². The molecule has 1 aromatic rings. The van der Waals surface area contributed by atoms with Crippen LogP contribution in [0.2, 0.25) is 0 Å². The van der Waals surface area contributed by atoms with Gasteiger partial charge in [0.05, 0.1) is 5.75 Å². The molecular weight excluding hydrogens is 250 g/mol. The molecule has 1 heterocycles. The zero-order chi connectivity index (χ0) is 12.1. The highest BCUT2D eigenvalue weighted by atomic mass is 32.2. The van der Waals surface area contributed by atoms with Crippen LogP contribution in [0.1, 0.15) is 13.8 Å². The molecule has 0 aliphatic carbocycles. The summed E-state index contributed by atoms with van der Waals surface area (Å²) in [6, 6.07) is 0. The van der Waals surface area contributed by atoms with E-state index < -0.39 is 5.97 Å². The molecule has 1 rings (SSSR count). The standard InChI is InChI=1S/C8H11N3O3S2/c1-4(2)6(14)9-7-10-11-8(16-7)15-3-5(12)13/h4H,3H2,1-2H3,(H,12,13)(H,9,10,14). The highest BCUT2D eigenvalue weighted by molar-refractivity contribution is 8.01. The summed E-state index contributed by atoms with van der Waals surface area (Å²) in [7, 11) is 0. The zero-order valence-electron chi connectivity index (χ0n) is 8.76. The van der Waals surface area contributed by atoms with Crippen molar-refractivity contribution in [3.05, 3.63) is 0 Å². The Morgan fingerprint density at radius 1 is 1.50 bits per heavy atom. The Kier molecular flexibility index (Phi) is 4.69. The molecule has 6 nitrogen and oxygen atoms in total. The molecule has 2 N–H and O–H groups in total. The van der Waals surface area contributed by atoms with E-state index in [-0.39, 0.29) is 17.6 Å². The van der Waals surface area contributed by atoms with E-state index in [0.717, 1.165) is 11.8 Å². The van der Waals surface area contributed by atoms with Gasteiger partial charge in [-0.1, -0.05) is 36.9 Å². The number of nitrogens with one attached hydrogen (secondary N) is 1. The summed E-state index contributed by atoms with van der Waals surface area (Å²) >= 11 is 2.24. The molecule has 0 saturated carbocycles. The molecule has 0 saturated heterocycles. The number of nitrogens with zero attached hydrogens (tertiary/aromatic N) is 2. The molecule has 0 unspecified atom stereocenters. The van der Waals surface area contributed by atoms with Crippen molar-refractivity contribution in [2.24, 2.45) is 5.92 Å². The number of carbonyl (C=O) groups is 2. The molecule has 0 bridgehead atoms. The zero-order valence-corrected chi connectivity index (χ0v) is 10.4. The van der Waals surface area contributed by atoms with Gasteiger partial charge in [0, 0.05) is 5.92 Å². The first kappa shape index (κ1) is 12.9. The van der Waals surface area contributed by atoms with Crippen LogP contribution in [0.5, 0.6) is 0 Å². The van der Waals surface area contributed by atoms with E-state index in [1.165, 1.54) is 11.3 Å². The lowest BCUT2D eigenvalue weighted by atomic mass is 10.2. The highest BCUT2D eigenvalue weighted by Crippen LogP contribution is 2.25. The Balaban J connectivity index is 2.51. The fourth-order valence-electron chi connectivity index (χ4n) is 0.692. The van der Waals surface area contributed by atoms with Crippen molar-refractivity contribution >= 4 is 40.1 Å². The van der Waals surface area contributed by atoms with Crippen molar-refractivity contribution in [1.82, 2.24) is 10.2 Å². The summed E-state index contributed by atoms with van der Waals surface area (Å²) in [4.78, 5) is 21.6. The number of anilines is 1. The lowest BCUT2D eigenvalue weighted by Gasteiger charge is -2.02. The minimum atomic E-state index is -0.909. The quantitative estimate of drug-likeness (QED) is 0.613. The lowest BCUT2D eigenvalue weighted by Crippen LogP contribution is -2.17. The van der Waals surface area contributed by atoms with E-state index in [9.17, 15) is 9.59 Å². The molecular formula is C8H11N3O3S2. The van der Waals surface area contributed by atoms with E-state index >= 15 is 0 Å². The summed E-state index contributed by atoms with van der Waals surface area (Å²) in [6.07, 6.45) is 0. The largest absolute Gasteiger partial charge is 0.481 e. The summed E-state index contributed by atoms with van der Waals surface area (Å²) in [5.41, 5.74) is 0. The average Bonchev–Trinajstić information content (AvgIpc) is 2.62. The molecule has 16 heavy (non-hydrogen) atoms. The van der Waals surface area contributed by atoms with Crippen LogP contribution in [0.25, 0.3) is 0 Å². The van der Waals surface area contributed by atoms with Gasteiger partial charge in [-0.2, -0.15) is 0 Å². The Bertz CT molecular complexity index is 392. The number of hydrogen-bond donors (Lipinski definition) is 2. The van der Waals surface area contributed by atoms with Crippen LogP contribution in [0, 0.1) is 5.92 Å². The van der Waals surface area contributed by atoms with Crippen LogP contribution in [0.15, 0.2) is 4.34 Å². The van der Waals surface area contributed by atoms with Gasteiger partial charge in [-0.3, -0.25) is 9.59 Å². The van der Waals surface area contributed by atoms with E-state index in [1.54, 1.807) is 13.8 Å². The van der Waals surface area contributed by atoms with Crippen LogP contribution in [0.4, 0.5) is 5.13 Å². The number of carboxylic acids is 1. The minimum absolute atomic E-state index is 0.0627. The molecule has 0 fully saturated rings. The van der Waals surface area contributed by atoms with E-state index in [2.05, 4.69) is 15.5 Å². The maximum Gasteiger partial charge on any atom is 0.313 e. The molecule has 0 aliphatic heterocycles. The molecule has 1 amide bonds. The van der Waals surface area contributed by atoms with Crippen molar-refractivity contribution in [3.63, 3.8) is 0 Å². The lowest BCUT2D eigenvalue weighted by molar-refractivity contribution is -0.133. The Morgan fingerprint density at radius 2 is 2.19 bits per heavy atom. The average molecular weight is 261 g/mol. The SMILES string of the molecule is CC(C)C(=O)Nc1nnc(SCC(=O)O)s1. The number of carbonyl (C=O) groups excluding carboxylic acids is 1. The first-order valence-electron chi connectivity index (χ1n) is 4.48. The summed E-state index contributed by atoms with van der Waals surface area (Å²) < 4.78 is 0.529. The molecule has 0 radical (unpaired) electrons. The third-order valence-electron chi connectivity index (χ3n) is 1.48. The van der Waals surface area contributed by atoms with E-state index in [1.807, 2.05) is 0 Å². The first-order chi connectivity index (χ1) is 7.49. The van der Waals surface area contributed by atoms with Gasteiger partial charge in [0.25, 0.3) is 0 Å². The number of thioether (sulfide) groups is 1. The van der Waals surface area contributed by atoms with E-state index in [0.29, 0.717) is 9.47 Å². The maximum absolute atomic E-state index is 11.3. The number of amides is 1. The Hall–Kier alpha value is -1.15. The van der Waals surface area contributed by atoms with Crippen LogP contribution >= 0.6 is 23.1 Å². The van der Waals surface area contributed by atoms with Gasteiger partial charge in [0.2, 0.25) is 11.0 Å². The third-order valence-corrected chi connectivity index (χ3v) is 3.44. The normalized spacial score (nSPS) is 10.4. The van der Waals surface area contributed by atoms with Gasteiger partial charge in [0.1, 0.15) is 0 Å². The number of aliphatic carboxylic acids is 1. The fraction of sp³-hybridized carbons (Fsp3) is 0.500. The van der Waals surface area contributed by atoms with Crippen LogP contribution in [-0.4, -0.2) is 32.9 Å². The molecule has 0 aliphatic rings. The summed E-state index contributed by atoms with van der Waals surface area (Å²) in [5.74, 6) is -1.23. The molecule has 8 heteroatoms. The van der Waals surface area contributed by atoms with Crippen molar-refractivity contribution in [1.29, 1.82) is 0 Å². The second kappa shape index (κ2) is 5.80. The molecule has 0 atom stereocenters. The first-order valence-corrected chi connectivity index (χ1v) is 6.28. The summed E-state index contributed by atoms with van der Waals surface area (Å²) in [5, 5.41) is 18.9. The van der Waals surface area contributed by atoms with Gasteiger partial charge in [-0.15, -0.1) is 10.2 Å². The predicted octanol–water partition coefficient (Wildman–Crippen LogP) is 1.31. The van der Waals surface area contributed by atoms with Crippen LogP contribution in [0.3, 0.4) is 0 Å². The maximum atomic E-state index is 11.3. The summed E-state index contributed by atoms with van der Waals surface area (Å²) in [6.45, 7) is 3.55. The van der Waals surface area contributed by atoms with Crippen molar-refractivity contribution in [3.8, 4) is 0 Å². The van der Waals surface area contributed by atoms with Gasteiger partial charge in [-0.25, -0.2) is 0 Å². The molecule has 1 aromatic heterocycles. The predicted molar refractivity (Wildman–Crippen MR) is 61.7 cm³/mol. The van der Waals surface area contributed by atoms with Crippen molar-refractivity contribution < 1.29 is 14.7 Å². The fourth-order valence-corrected chi connectivity index (χ4v) is 2.17. The molecule has 88 valence electrons. The van der Waals surface area contributed by atoms with Gasteiger partial charge < -0.3 is 10.4 Å². The smallest absolute Gasteiger partial charge is 0.313 e. The topological polar surface area (TPSA) is 92.2 Å². The van der Waals surface area contributed by atoms with E-state index in [4.69, 9.17) is 5.11 Å². The van der Waals surface area contributed by atoms with Gasteiger partial charge in [-0.05, 0) is 0 Å². The molecule has 0 spiro atoms. The Morgan fingerprint density at radius 3 is 2.75 bits per heavy atom. The van der Waals surface area contributed by atoms with Gasteiger partial charge >= 0.3 is 5.97 Å². The minimum Gasteiger partial charge on any atom is -0.481 e. The van der Waals surface area contributed by atoms with Crippen molar-refractivity contribution in [2.75, 3.05) is 11.1 Å². The number of hydrogen-bond acceptors (Lipinski definition) is 6. The number of carboxylic acid groups (broad SMARTS) is 1. The number of aromatic nitrogens is 2. The second-order valence-electron chi connectivity index (χ2n) is 3.20. The number of rotatable bonds is 5. The highest BCUT2D eigenvalue weighted by Gasteiger charge is 2.11. The second-order valence-corrected chi connectivity index (χ2v) is 5.40. The van der Waals surface area contributed by atoms with Gasteiger partial charge in [0.15, 0.2) is 4.34 Å². The third kappa shape index (κ3) is 4.15. The van der Waals surface area contributed by atoms with Crippen molar-refractivity contribution in [2.45, 2.75) is 18.2 Å². The Labute approximate surface area is 100 Å². The van der Waals surface area contributed by atoms with Crippen LogP contribution in [-0.2, 0) is 9.59 Å². The molecule has 0 aromatic carbocycles.